The van der Waals surface area contributed by atoms with Gasteiger partial charge < -0.3 is 15.4 Å². The van der Waals surface area contributed by atoms with Gasteiger partial charge in [0.25, 0.3) is 5.91 Å². The third-order valence-corrected chi connectivity index (χ3v) is 6.00. The van der Waals surface area contributed by atoms with Crippen LogP contribution in [0.15, 0.2) is 42.5 Å². The molecule has 1 aromatic heterocycles. The Morgan fingerprint density at radius 2 is 1.91 bits per heavy atom. The van der Waals surface area contributed by atoms with E-state index in [1.165, 1.54) is 4.68 Å². The normalized spacial score (nSPS) is 15.4. The summed E-state index contributed by atoms with van der Waals surface area (Å²) in [6.45, 7) is 2.75. The highest BCUT2D eigenvalue weighted by atomic mass is 35.5. The first kappa shape index (κ1) is 23.1. The van der Waals surface area contributed by atoms with Crippen molar-refractivity contribution in [1.29, 1.82) is 0 Å². The van der Waals surface area contributed by atoms with Gasteiger partial charge in [-0.15, -0.1) is 0 Å². The summed E-state index contributed by atoms with van der Waals surface area (Å²) in [5.74, 6) is -2.23. The Hall–Kier alpha value is -3.07. The molecule has 0 unspecified atom stereocenters. The molecule has 33 heavy (non-hydrogen) atoms. The maximum atomic E-state index is 13.1. The largest absolute Gasteiger partial charge is 0.376 e. The summed E-state index contributed by atoms with van der Waals surface area (Å²) in [6, 6.07) is 11.7. The lowest BCUT2D eigenvalue weighted by molar-refractivity contribution is -0.136. The van der Waals surface area contributed by atoms with Gasteiger partial charge in [-0.2, -0.15) is 0 Å². The fourth-order valence-electron chi connectivity index (χ4n) is 3.58. The highest BCUT2D eigenvalue weighted by Gasteiger charge is 2.23. The number of fused-ring (bicyclic) bond motifs is 1. The van der Waals surface area contributed by atoms with Gasteiger partial charge in [0, 0.05) is 34.3 Å². The van der Waals surface area contributed by atoms with Gasteiger partial charge in [-0.25, -0.2) is 4.68 Å². The van der Waals surface area contributed by atoms with E-state index in [1.54, 1.807) is 42.5 Å². The first-order chi connectivity index (χ1) is 15.8. The van der Waals surface area contributed by atoms with Gasteiger partial charge in [-0.05, 0) is 61.7 Å². The number of aryl methyl sites for hydroxylation is 1. The van der Waals surface area contributed by atoms with Crippen LogP contribution in [-0.2, 0) is 14.3 Å². The monoisotopic (exact) mass is 488 g/mol. The van der Waals surface area contributed by atoms with Gasteiger partial charge in [0.15, 0.2) is 0 Å². The van der Waals surface area contributed by atoms with Crippen LogP contribution in [0.1, 0.15) is 28.9 Å². The summed E-state index contributed by atoms with van der Waals surface area (Å²) in [5, 5.41) is 6.93. The molecule has 3 N–H and O–H groups in total. The summed E-state index contributed by atoms with van der Waals surface area (Å²) in [4.78, 5) is 38.0. The van der Waals surface area contributed by atoms with E-state index in [2.05, 4.69) is 16.1 Å². The minimum atomic E-state index is -0.909. The SMILES string of the molecule is Cc1ccc(NC(=O)c2cc3cc(Cl)ccc3n2NC(=O)C(=O)NC[C@H]2CCCO2)cc1Cl. The van der Waals surface area contributed by atoms with Gasteiger partial charge in [-0.3, -0.25) is 19.8 Å². The molecular weight excluding hydrogens is 467 g/mol. The number of ether oxygens (including phenoxy) is 1. The van der Waals surface area contributed by atoms with Crippen molar-refractivity contribution in [2.24, 2.45) is 0 Å². The number of hydrogen-bond acceptors (Lipinski definition) is 4. The lowest BCUT2D eigenvalue weighted by atomic mass is 10.2. The zero-order chi connectivity index (χ0) is 23.5. The molecule has 3 amide bonds. The number of aromatic nitrogens is 1. The van der Waals surface area contributed by atoms with E-state index in [9.17, 15) is 14.4 Å². The van der Waals surface area contributed by atoms with Gasteiger partial charge in [0.1, 0.15) is 5.69 Å². The number of carbonyl (C=O) groups excluding carboxylic acids is 3. The van der Waals surface area contributed by atoms with Crippen LogP contribution in [0.5, 0.6) is 0 Å². The first-order valence-electron chi connectivity index (χ1n) is 10.4. The summed E-state index contributed by atoms with van der Waals surface area (Å²) >= 11 is 12.2. The minimum Gasteiger partial charge on any atom is -0.376 e. The number of nitrogens with one attached hydrogen (secondary N) is 3. The van der Waals surface area contributed by atoms with Crippen LogP contribution in [0.25, 0.3) is 10.9 Å². The van der Waals surface area contributed by atoms with Crippen LogP contribution in [0, 0.1) is 6.92 Å². The molecule has 2 heterocycles. The van der Waals surface area contributed by atoms with E-state index in [4.69, 9.17) is 27.9 Å². The summed E-state index contributed by atoms with van der Waals surface area (Å²) in [6.07, 6.45) is 1.66. The third kappa shape index (κ3) is 5.30. The van der Waals surface area contributed by atoms with E-state index in [1.807, 2.05) is 6.92 Å². The van der Waals surface area contributed by atoms with Crippen molar-refractivity contribution in [3.63, 3.8) is 0 Å². The Labute approximate surface area is 200 Å². The maximum absolute atomic E-state index is 13.1. The Bertz CT molecular complexity index is 1230. The number of halogens is 2. The van der Waals surface area contributed by atoms with E-state index >= 15 is 0 Å². The number of nitrogens with zero attached hydrogens (tertiary/aromatic N) is 1. The number of amides is 3. The molecule has 10 heteroatoms. The highest BCUT2D eigenvalue weighted by Crippen LogP contribution is 2.25. The molecule has 0 radical (unpaired) electrons. The number of rotatable bonds is 5. The Morgan fingerprint density at radius 1 is 1.09 bits per heavy atom. The van der Waals surface area contributed by atoms with Crippen molar-refractivity contribution >= 4 is 57.5 Å². The quantitative estimate of drug-likeness (QED) is 0.474. The molecule has 4 rings (SSSR count). The Morgan fingerprint density at radius 3 is 2.64 bits per heavy atom. The molecule has 2 aromatic carbocycles. The van der Waals surface area contributed by atoms with Crippen molar-refractivity contribution in [2.45, 2.75) is 25.9 Å². The molecule has 0 saturated carbocycles. The van der Waals surface area contributed by atoms with Gasteiger partial charge >= 0.3 is 11.8 Å². The highest BCUT2D eigenvalue weighted by molar-refractivity contribution is 6.38. The standard InChI is InChI=1S/C23H22Cl2N4O4/c1-13-4-6-16(11-18(13)25)27-21(30)20-10-14-9-15(24)5-7-19(14)29(20)28-23(32)22(31)26-12-17-3-2-8-33-17/h4-7,9-11,17H,2-3,8,12H2,1H3,(H,26,31)(H,27,30)(H,28,32)/t17-/m1/s1. The third-order valence-electron chi connectivity index (χ3n) is 5.36. The van der Waals surface area contributed by atoms with Crippen LogP contribution in [0.2, 0.25) is 10.0 Å². The molecule has 8 nitrogen and oxygen atoms in total. The zero-order valence-electron chi connectivity index (χ0n) is 17.8. The van der Waals surface area contributed by atoms with E-state index in [-0.39, 0.29) is 18.3 Å². The fraction of sp³-hybridized carbons (Fsp3) is 0.261. The molecular formula is C23H22Cl2N4O4. The van der Waals surface area contributed by atoms with Crippen LogP contribution in [0.4, 0.5) is 5.69 Å². The molecule has 1 fully saturated rings. The average molecular weight is 489 g/mol. The molecule has 1 saturated heterocycles. The second-order valence-electron chi connectivity index (χ2n) is 7.77. The number of anilines is 1. The lowest BCUT2D eigenvalue weighted by Gasteiger charge is -2.14. The first-order valence-corrected chi connectivity index (χ1v) is 11.2. The lowest BCUT2D eigenvalue weighted by Crippen LogP contribution is -2.42. The van der Waals surface area contributed by atoms with Gasteiger partial charge in [0.05, 0.1) is 11.6 Å². The smallest absolute Gasteiger partial charge is 0.328 e. The van der Waals surface area contributed by atoms with Crippen LogP contribution < -0.4 is 16.1 Å². The second-order valence-corrected chi connectivity index (χ2v) is 8.62. The van der Waals surface area contributed by atoms with Crippen molar-refractivity contribution < 1.29 is 19.1 Å². The van der Waals surface area contributed by atoms with Gasteiger partial charge in [-0.1, -0.05) is 29.3 Å². The Kier molecular flexibility index (Phi) is 6.88. The maximum Gasteiger partial charge on any atom is 0.328 e. The summed E-state index contributed by atoms with van der Waals surface area (Å²) < 4.78 is 6.72. The van der Waals surface area contributed by atoms with Crippen molar-refractivity contribution in [1.82, 2.24) is 9.99 Å². The molecule has 1 aliphatic heterocycles. The number of hydrogen-bond donors (Lipinski definition) is 3. The van der Waals surface area contributed by atoms with E-state index in [0.29, 0.717) is 33.2 Å². The van der Waals surface area contributed by atoms with Crippen LogP contribution in [0.3, 0.4) is 0 Å². The molecule has 0 aliphatic carbocycles. The summed E-state index contributed by atoms with van der Waals surface area (Å²) in [7, 11) is 0. The van der Waals surface area contributed by atoms with Crippen LogP contribution in [-0.4, -0.2) is 41.7 Å². The van der Waals surface area contributed by atoms with Gasteiger partial charge in [0.2, 0.25) is 0 Å². The minimum absolute atomic E-state index is 0.0982. The van der Waals surface area contributed by atoms with E-state index < -0.39 is 17.7 Å². The molecule has 172 valence electrons. The average Bonchev–Trinajstić information content (AvgIpc) is 3.42. The molecule has 1 atom stereocenters. The fourth-order valence-corrected chi connectivity index (χ4v) is 3.95. The number of benzene rings is 2. The topological polar surface area (TPSA) is 101 Å². The van der Waals surface area contributed by atoms with Crippen molar-refractivity contribution in [3.8, 4) is 0 Å². The van der Waals surface area contributed by atoms with Crippen molar-refractivity contribution in [2.75, 3.05) is 23.9 Å². The number of carbonyl (C=O) groups is 3. The predicted molar refractivity (Wildman–Crippen MR) is 127 cm³/mol. The molecule has 0 spiro atoms. The zero-order valence-corrected chi connectivity index (χ0v) is 19.3. The van der Waals surface area contributed by atoms with E-state index in [0.717, 1.165) is 18.4 Å². The van der Waals surface area contributed by atoms with Crippen LogP contribution >= 0.6 is 23.2 Å². The second kappa shape index (κ2) is 9.82. The summed E-state index contributed by atoms with van der Waals surface area (Å²) in [5.41, 5.74) is 4.50. The molecule has 0 bridgehead atoms. The molecule has 1 aliphatic rings. The predicted octanol–water partition coefficient (Wildman–Crippen LogP) is 3.87. The molecule has 3 aromatic rings. The van der Waals surface area contributed by atoms with Crippen molar-refractivity contribution in [3.05, 3.63) is 63.8 Å². The Balaban J connectivity index is 1.57.